The van der Waals surface area contributed by atoms with E-state index in [0.717, 1.165) is 4.90 Å². The maximum absolute atomic E-state index is 13.2. The summed E-state index contributed by atoms with van der Waals surface area (Å²) in [6, 6.07) is 10.5. The van der Waals surface area contributed by atoms with Crippen LogP contribution in [0.15, 0.2) is 52.5 Å². The molecular weight excluding hydrogens is 435 g/mol. The number of rotatable bonds is 4. The molecule has 0 unspecified atom stereocenters. The molecule has 0 saturated carbocycles. The summed E-state index contributed by atoms with van der Waals surface area (Å²) in [7, 11) is 0. The zero-order valence-corrected chi connectivity index (χ0v) is 16.6. The van der Waals surface area contributed by atoms with E-state index in [2.05, 4.69) is 21.2 Å². The Morgan fingerprint density at radius 2 is 1.93 bits per heavy atom. The number of benzene rings is 2. The van der Waals surface area contributed by atoms with Crippen LogP contribution in [-0.2, 0) is 9.59 Å². The molecule has 2 amide bonds. The first-order valence-corrected chi connectivity index (χ1v) is 9.20. The summed E-state index contributed by atoms with van der Waals surface area (Å²) in [5.74, 6) is -0.949. The molecule has 0 aliphatic carbocycles. The fourth-order valence-electron chi connectivity index (χ4n) is 2.53. The standard InChI is InChI=1S/C19H14BrFN2O3S/c1-2-26-16-8-3-11(10-15(16)20)9-14-17(24)22-19(27)23(18(14)25)13-6-4-12(21)5-7-13/h3-10H,2H2,1H3,(H,22,24,27)/b14-9-. The first-order chi connectivity index (χ1) is 12.9. The van der Waals surface area contributed by atoms with Crippen molar-refractivity contribution in [3.63, 3.8) is 0 Å². The third-order valence-corrected chi connectivity index (χ3v) is 4.66. The minimum atomic E-state index is -0.589. The van der Waals surface area contributed by atoms with Gasteiger partial charge in [0.05, 0.1) is 16.8 Å². The summed E-state index contributed by atoms with van der Waals surface area (Å²) in [5.41, 5.74) is 0.921. The molecule has 8 heteroatoms. The Labute approximate surface area is 168 Å². The van der Waals surface area contributed by atoms with E-state index in [4.69, 9.17) is 17.0 Å². The van der Waals surface area contributed by atoms with E-state index < -0.39 is 17.6 Å². The van der Waals surface area contributed by atoms with E-state index in [0.29, 0.717) is 28.1 Å². The van der Waals surface area contributed by atoms with Gasteiger partial charge in [0.1, 0.15) is 17.1 Å². The number of ether oxygens (including phenoxy) is 1. The number of halogens is 2. The van der Waals surface area contributed by atoms with Crippen molar-refractivity contribution >= 4 is 56.8 Å². The molecule has 1 aliphatic heterocycles. The van der Waals surface area contributed by atoms with Gasteiger partial charge in [-0.3, -0.25) is 19.8 Å². The van der Waals surface area contributed by atoms with E-state index >= 15 is 0 Å². The second-order valence-corrected chi connectivity index (χ2v) is 6.80. The van der Waals surface area contributed by atoms with Gasteiger partial charge in [0.15, 0.2) is 5.11 Å². The number of anilines is 1. The van der Waals surface area contributed by atoms with Gasteiger partial charge in [-0.05, 0) is 83.1 Å². The monoisotopic (exact) mass is 448 g/mol. The van der Waals surface area contributed by atoms with Crippen molar-refractivity contribution in [2.45, 2.75) is 6.92 Å². The van der Waals surface area contributed by atoms with E-state index in [9.17, 15) is 14.0 Å². The summed E-state index contributed by atoms with van der Waals surface area (Å²) in [6.45, 7) is 2.39. The van der Waals surface area contributed by atoms with Crippen LogP contribution in [0.5, 0.6) is 5.75 Å². The molecule has 2 aromatic rings. The van der Waals surface area contributed by atoms with Gasteiger partial charge in [-0.25, -0.2) is 4.39 Å². The van der Waals surface area contributed by atoms with Gasteiger partial charge in [0.2, 0.25) is 0 Å². The molecule has 1 fully saturated rings. The van der Waals surface area contributed by atoms with Gasteiger partial charge in [-0.15, -0.1) is 0 Å². The van der Waals surface area contributed by atoms with Crippen LogP contribution in [0.25, 0.3) is 6.08 Å². The van der Waals surface area contributed by atoms with Crippen LogP contribution in [0.2, 0.25) is 0 Å². The van der Waals surface area contributed by atoms with Crippen LogP contribution >= 0.6 is 28.1 Å². The predicted octanol–water partition coefficient (Wildman–Crippen LogP) is 3.82. The lowest BCUT2D eigenvalue weighted by molar-refractivity contribution is -0.122. The Morgan fingerprint density at radius 1 is 1.22 bits per heavy atom. The molecule has 2 aromatic carbocycles. The van der Waals surface area contributed by atoms with Gasteiger partial charge in [-0.2, -0.15) is 0 Å². The smallest absolute Gasteiger partial charge is 0.270 e. The molecule has 5 nitrogen and oxygen atoms in total. The number of carbonyl (C=O) groups is 2. The Hall–Kier alpha value is -2.58. The third-order valence-electron chi connectivity index (χ3n) is 3.75. The lowest BCUT2D eigenvalue weighted by atomic mass is 10.1. The van der Waals surface area contributed by atoms with E-state index in [-0.39, 0.29) is 10.7 Å². The summed E-state index contributed by atoms with van der Waals surface area (Å²) in [4.78, 5) is 26.3. The molecule has 1 aliphatic rings. The first-order valence-electron chi connectivity index (χ1n) is 8.00. The lowest BCUT2D eigenvalue weighted by Gasteiger charge is -2.28. The minimum absolute atomic E-state index is 0.0540. The second-order valence-electron chi connectivity index (χ2n) is 5.56. The van der Waals surface area contributed by atoms with E-state index in [1.54, 1.807) is 18.2 Å². The molecule has 0 bridgehead atoms. The zero-order chi connectivity index (χ0) is 19.6. The second kappa shape index (κ2) is 7.98. The Morgan fingerprint density at radius 3 is 2.56 bits per heavy atom. The number of nitrogens with zero attached hydrogens (tertiary/aromatic N) is 1. The Bertz CT molecular complexity index is 960. The molecule has 0 aromatic heterocycles. The fraction of sp³-hybridized carbons (Fsp3) is 0.105. The van der Waals surface area contributed by atoms with Crippen LogP contribution in [0.3, 0.4) is 0 Å². The van der Waals surface area contributed by atoms with Crippen LogP contribution in [0.4, 0.5) is 10.1 Å². The average molecular weight is 449 g/mol. The number of nitrogens with one attached hydrogen (secondary N) is 1. The van der Waals surface area contributed by atoms with Gasteiger partial charge >= 0.3 is 0 Å². The molecular formula is C19H14BrFN2O3S. The molecule has 1 saturated heterocycles. The predicted molar refractivity (Wildman–Crippen MR) is 108 cm³/mol. The minimum Gasteiger partial charge on any atom is -0.493 e. The topological polar surface area (TPSA) is 58.6 Å². The lowest BCUT2D eigenvalue weighted by Crippen LogP contribution is -2.54. The van der Waals surface area contributed by atoms with Gasteiger partial charge in [0, 0.05) is 0 Å². The molecule has 1 heterocycles. The van der Waals surface area contributed by atoms with Crippen molar-refractivity contribution in [3.05, 3.63) is 63.9 Å². The highest BCUT2D eigenvalue weighted by Gasteiger charge is 2.34. The van der Waals surface area contributed by atoms with E-state index in [1.165, 1.54) is 30.3 Å². The molecule has 0 atom stereocenters. The molecule has 3 rings (SSSR count). The highest BCUT2D eigenvalue weighted by molar-refractivity contribution is 9.10. The number of hydrogen-bond acceptors (Lipinski definition) is 4. The molecule has 0 radical (unpaired) electrons. The van der Waals surface area contributed by atoms with E-state index in [1.807, 2.05) is 6.92 Å². The number of thiocarbonyl (C=S) groups is 1. The molecule has 1 N–H and O–H groups in total. The maximum Gasteiger partial charge on any atom is 0.270 e. The van der Waals surface area contributed by atoms with Gasteiger partial charge in [-0.1, -0.05) is 6.07 Å². The number of amides is 2. The number of hydrogen-bond donors (Lipinski definition) is 1. The average Bonchev–Trinajstić information content (AvgIpc) is 2.62. The van der Waals surface area contributed by atoms with Crippen LogP contribution in [-0.4, -0.2) is 23.5 Å². The highest BCUT2D eigenvalue weighted by Crippen LogP contribution is 2.28. The summed E-state index contributed by atoms with van der Waals surface area (Å²) >= 11 is 8.51. The van der Waals surface area contributed by atoms with Crippen molar-refractivity contribution in [2.75, 3.05) is 11.5 Å². The van der Waals surface area contributed by atoms with Crippen molar-refractivity contribution in [1.82, 2.24) is 5.32 Å². The summed E-state index contributed by atoms with van der Waals surface area (Å²) in [5, 5.41) is 2.43. The third kappa shape index (κ3) is 4.06. The van der Waals surface area contributed by atoms with Gasteiger partial charge in [0.25, 0.3) is 11.8 Å². The van der Waals surface area contributed by atoms with Crippen molar-refractivity contribution in [3.8, 4) is 5.75 Å². The largest absolute Gasteiger partial charge is 0.493 e. The molecule has 27 heavy (non-hydrogen) atoms. The Kier molecular flexibility index (Phi) is 5.67. The summed E-state index contributed by atoms with van der Waals surface area (Å²) < 4.78 is 19.3. The first kappa shape index (κ1) is 19.2. The number of carbonyl (C=O) groups excluding carboxylic acids is 2. The highest BCUT2D eigenvalue weighted by atomic mass is 79.9. The van der Waals surface area contributed by atoms with Crippen LogP contribution < -0.4 is 15.0 Å². The van der Waals surface area contributed by atoms with Crippen molar-refractivity contribution in [2.24, 2.45) is 0 Å². The fourth-order valence-corrected chi connectivity index (χ4v) is 3.32. The maximum atomic E-state index is 13.2. The zero-order valence-electron chi connectivity index (χ0n) is 14.2. The Balaban J connectivity index is 1.96. The van der Waals surface area contributed by atoms with Crippen molar-refractivity contribution in [1.29, 1.82) is 0 Å². The summed E-state index contributed by atoms with van der Waals surface area (Å²) in [6.07, 6.45) is 1.47. The van der Waals surface area contributed by atoms with Gasteiger partial charge < -0.3 is 4.74 Å². The molecule has 0 spiro atoms. The van der Waals surface area contributed by atoms with Crippen molar-refractivity contribution < 1.29 is 18.7 Å². The normalized spacial score (nSPS) is 15.9. The van der Waals surface area contributed by atoms with Crippen LogP contribution in [0, 0.1) is 5.82 Å². The quantitative estimate of drug-likeness (QED) is 0.438. The SMILES string of the molecule is CCOc1ccc(/C=C2/C(=O)NC(=S)N(c3ccc(F)cc3)C2=O)cc1Br. The molecule has 138 valence electrons. The van der Waals surface area contributed by atoms with Crippen LogP contribution in [0.1, 0.15) is 12.5 Å².